The van der Waals surface area contributed by atoms with Crippen molar-refractivity contribution in [2.24, 2.45) is 0 Å². The van der Waals surface area contributed by atoms with Gasteiger partial charge in [-0.1, -0.05) is 30.3 Å². The van der Waals surface area contributed by atoms with Crippen LogP contribution in [0.1, 0.15) is 16.1 Å². The van der Waals surface area contributed by atoms with Crippen molar-refractivity contribution in [2.45, 2.75) is 13.3 Å². The fourth-order valence-corrected chi connectivity index (χ4v) is 2.70. The second kappa shape index (κ2) is 3.76. The molecule has 0 amide bonds. The first-order chi connectivity index (χ1) is 7.83. The van der Waals surface area contributed by atoms with E-state index in [9.17, 15) is 0 Å². The Morgan fingerprint density at radius 1 is 1.25 bits per heavy atom. The van der Waals surface area contributed by atoms with Crippen LogP contribution in [0.3, 0.4) is 0 Å². The molecule has 0 N–H and O–H groups in total. The second-order valence-electron chi connectivity index (χ2n) is 3.91. The number of aryl methyl sites for hydroxylation is 1. The molecule has 0 radical (unpaired) electrons. The van der Waals surface area contributed by atoms with E-state index in [0.717, 1.165) is 11.4 Å². The van der Waals surface area contributed by atoms with Gasteiger partial charge in [0, 0.05) is 23.2 Å². The minimum absolute atomic E-state index is 0.943. The zero-order valence-electron chi connectivity index (χ0n) is 9.05. The molecule has 2 nitrogen and oxygen atoms in total. The van der Waals surface area contributed by atoms with Gasteiger partial charge in [-0.25, -0.2) is 4.98 Å². The molecule has 2 aromatic heterocycles. The quantitative estimate of drug-likeness (QED) is 0.658. The van der Waals surface area contributed by atoms with Gasteiger partial charge in [0.25, 0.3) is 0 Å². The van der Waals surface area contributed by atoms with E-state index in [2.05, 4.69) is 46.8 Å². The maximum Gasteiger partial charge on any atom is 0.194 e. The Balaban J connectivity index is 2.00. The van der Waals surface area contributed by atoms with E-state index in [4.69, 9.17) is 0 Å². The monoisotopic (exact) mass is 228 g/mol. The Labute approximate surface area is 98.2 Å². The third-order valence-corrected chi connectivity index (χ3v) is 3.54. The van der Waals surface area contributed by atoms with Crippen LogP contribution in [0.2, 0.25) is 0 Å². The van der Waals surface area contributed by atoms with Crippen molar-refractivity contribution in [3.8, 4) is 0 Å². The van der Waals surface area contributed by atoms with Crippen molar-refractivity contribution in [3.05, 3.63) is 58.9 Å². The number of hydrogen-bond donors (Lipinski definition) is 0. The van der Waals surface area contributed by atoms with E-state index >= 15 is 0 Å². The first-order valence-electron chi connectivity index (χ1n) is 5.29. The molecule has 3 aromatic rings. The van der Waals surface area contributed by atoms with E-state index in [1.165, 1.54) is 16.1 Å². The summed E-state index contributed by atoms with van der Waals surface area (Å²) in [6.07, 6.45) is 5.07. The smallest absolute Gasteiger partial charge is 0.194 e. The second-order valence-corrected chi connectivity index (χ2v) is 5.12. The summed E-state index contributed by atoms with van der Waals surface area (Å²) in [5, 5.41) is 0. The number of imidazole rings is 1. The maximum atomic E-state index is 4.42. The molecule has 0 spiro atoms. The Bertz CT molecular complexity index is 607. The third-order valence-electron chi connectivity index (χ3n) is 2.63. The van der Waals surface area contributed by atoms with Gasteiger partial charge in [0.2, 0.25) is 0 Å². The average molecular weight is 228 g/mol. The van der Waals surface area contributed by atoms with Crippen LogP contribution in [-0.4, -0.2) is 9.38 Å². The Kier molecular flexibility index (Phi) is 2.26. The summed E-state index contributed by atoms with van der Waals surface area (Å²) in [5.74, 6) is 0. The molecule has 80 valence electrons. The van der Waals surface area contributed by atoms with Crippen molar-refractivity contribution in [1.29, 1.82) is 0 Å². The third kappa shape index (κ3) is 1.63. The van der Waals surface area contributed by atoms with Gasteiger partial charge < -0.3 is 0 Å². The molecule has 0 atom stereocenters. The molecule has 2 heterocycles. The van der Waals surface area contributed by atoms with Gasteiger partial charge in [-0.05, 0) is 12.5 Å². The zero-order valence-corrected chi connectivity index (χ0v) is 9.87. The van der Waals surface area contributed by atoms with Crippen LogP contribution in [0.25, 0.3) is 4.96 Å². The summed E-state index contributed by atoms with van der Waals surface area (Å²) < 4.78 is 2.19. The lowest BCUT2D eigenvalue weighted by Gasteiger charge is -1.99. The summed E-state index contributed by atoms with van der Waals surface area (Å²) in [5.41, 5.74) is 2.58. The number of rotatable bonds is 2. The van der Waals surface area contributed by atoms with Gasteiger partial charge in [-0.3, -0.25) is 4.40 Å². The van der Waals surface area contributed by atoms with Crippen molar-refractivity contribution >= 4 is 16.3 Å². The standard InChI is InChI=1S/C13H12N2S/c1-10-9-15-12(8-14-13(15)16-10)7-11-5-3-2-4-6-11/h2-6,8-9H,7H2,1H3. The minimum atomic E-state index is 0.943. The van der Waals surface area contributed by atoms with Crippen molar-refractivity contribution in [2.75, 3.05) is 0 Å². The molecule has 0 fully saturated rings. The van der Waals surface area contributed by atoms with Crippen LogP contribution in [0.4, 0.5) is 0 Å². The number of benzene rings is 1. The molecule has 0 saturated heterocycles. The number of aromatic nitrogens is 2. The Morgan fingerprint density at radius 2 is 2.06 bits per heavy atom. The summed E-state index contributed by atoms with van der Waals surface area (Å²) in [6.45, 7) is 2.12. The molecule has 1 aromatic carbocycles. The number of fused-ring (bicyclic) bond motifs is 1. The predicted molar refractivity (Wildman–Crippen MR) is 67.1 cm³/mol. The summed E-state index contributed by atoms with van der Waals surface area (Å²) >= 11 is 1.74. The Hall–Kier alpha value is -1.61. The van der Waals surface area contributed by atoms with Crippen LogP contribution in [0.15, 0.2) is 42.7 Å². The topological polar surface area (TPSA) is 17.3 Å². The molecule has 0 aliphatic carbocycles. The SMILES string of the molecule is Cc1cn2c(Cc3ccccc3)cnc2s1. The fourth-order valence-electron chi connectivity index (χ4n) is 1.88. The zero-order chi connectivity index (χ0) is 11.0. The molecule has 3 heteroatoms. The highest BCUT2D eigenvalue weighted by molar-refractivity contribution is 7.16. The predicted octanol–water partition coefficient (Wildman–Crippen LogP) is 3.30. The molecule has 16 heavy (non-hydrogen) atoms. The number of nitrogens with zero attached hydrogens (tertiary/aromatic N) is 2. The minimum Gasteiger partial charge on any atom is -0.294 e. The molecular weight excluding hydrogens is 216 g/mol. The first kappa shape index (κ1) is 9.60. The van der Waals surface area contributed by atoms with Crippen molar-refractivity contribution < 1.29 is 0 Å². The van der Waals surface area contributed by atoms with E-state index in [0.29, 0.717) is 0 Å². The summed E-state index contributed by atoms with van der Waals surface area (Å²) in [6, 6.07) is 10.5. The van der Waals surface area contributed by atoms with E-state index in [-0.39, 0.29) is 0 Å². The van der Waals surface area contributed by atoms with Gasteiger partial charge in [-0.15, -0.1) is 11.3 Å². The molecule has 0 bridgehead atoms. The van der Waals surface area contributed by atoms with E-state index in [1.807, 2.05) is 12.3 Å². The van der Waals surface area contributed by atoms with Gasteiger partial charge in [0.05, 0.1) is 6.20 Å². The molecule has 0 aliphatic heterocycles. The average Bonchev–Trinajstić information content (AvgIpc) is 2.81. The van der Waals surface area contributed by atoms with E-state index < -0.39 is 0 Å². The lowest BCUT2D eigenvalue weighted by Crippen LogP contribution is -1.91. The van der Waals surface area contributed by atoms with Crippen LogP contribution in [0.5, 0.6) is 0 Å². The largest absolute Gasteiger partial charge is 0.294 e. The van der Waals surface area contributed by atoms with Crippen LogP contribution in [0, 0.1) is 6.92 Å². The van der Waals surface area contributed by atoms with Gasteiger partial charge in [0.1, 0.15) is 0 Å². The van der Waals surface area contributed by atoms with Crippen molar-refractivity contribution in [1.82, 2.24) is 9.38 Å². The Morgan fingerprint density at radius 3 is 2.88 bits per heavy atom. The van der Waals surface area contributed by atoms with Gasteiger partial charge >= 0.3 is 0 Å². The van der Waals surface area contributed by atoms with E-state index in [1.54, 1.807) is 11.3 Å². The highest BCUT2D eigenvalue weighted by Gasteiger charge is 2.06. The van der Waals surface area contributed by atoms with Crippen molar-refractivity contribution in [3.63, 3.8) is 0 Å². The van der Waals surface area contributed by atoms with Crippen LogP contribution >= 0.6 is 11.3 Å². The fraction of sp³-hybridized carbons (Fsp3) is 0.154. The number of hydrogen-bond acceptors (Lipinski definition) is 2. The molecule has 3 rings (SSSR count). The highest BCUT2D eigenvalue weighted by Crippen LogP contribution is 2.19. The van der Waals surface area contributed by atoms with Gasteiger partial charge in [0.15, 0.2) is 4.96 Å². The van der Waals surface area contributed by atoms with Crippen LogP contribution in [-0.2, 0) is 6.42 Å². The molecule has 0 unspecified atom stereocenters. The molecule has 0 saturated carbocycles. The lowest BCUT2D eigenvalue weighted by atomic mass is 10.1. The number of thiazole rings is 1. The summed E-state index contributed by atoms with van der Waals surface area (Å²) in [7, 11) is 0. The van der Waals surface area contributed by atoms with Gasteiger partial charge in [-0.2, -0.15) is 0 Å². The highest BCUT2D eigenvalue weighted by atomic mass is 32.1. The normalized spacial score (nSPS) is 11.1. The molecule has 0 aliphatic rings. The molecular formula is C13H12N2S. The van der Waals surface area contributed by atoms with Crippen LogP contribution < -0.4 is 0 Å². The maximum absolute atomic E-state index is 4.42. The lowest BCUT2D eigenvalue weighted by molar-refractivity contribution is 1.03. The summed E-state index contributed by atoms with van der Waals surface area (Å²) in [4.78, 5) is 6.81. The first-order valence-corrected chi connectivity index (χ1v) is 6.11.